The van der Waals surface area contributed by atoms with E-state index in [-0.39, 0.29) is 31.3 Å². The van der Waals surface area contributed by atoms with Gasteiger partial charge >= 0.3 is 6.09 Å². The van der Waals surface area contributed by atoms with Gasteiger partial charge in [0.05, 0.1) is 12.5 Å². The first-order chi connectivity index (χ1) is 18.1. The van der Waals surface area contributed by atoms with Gasteiger partial charge in [-0.3, -0.25) is 24.4 Å². The van der Waals surface area contributed by atoms with Crippen molar-refractivity contribution in [2.24, 2.45) is 23.5 Å². The minimum Gasteiger partial charge on any atom is -0.450 e. The lowest BCUT2D eigenvalue weighted by Gasteiger charge is -2.29. The molecule has 13 heteroatoms. The van der Waals surface area contributed by atoms with E-state index >= 15 is 0 Å². The third-order valence-electron chi connectivity index (χ3n) is 6.54. The van der Waals surface area contributed by atoms with Crippen molar-refractivity contribution in [1.29, 1.82) is 0 Å². The summed E-state index contributed by atoms with van der Waals surface area (Å²) in [5.41, 5.74) is 7.20. The molecule has 0 saturated carbocycles. The van der Waals surface area contributed by atoms with Crippen LogP contribution in [0, 0.1) is 17.8 Å². The molecule has 0 aromatic carbocycles. The molecule has 1 rings (SSSR count). The molecule has 1 saturated heterocycles. The quantitative estimate of drug-likeness (QED) is 0.116. The standard InChI is InChI=1S/C25H46N6O7/c1-16(2)15-18-17(22(33)31-37)9-8-14-38-25(36)28-13-7-5-11-20(29-21(18)32)24(35)30-19(23(34)27-3)10-4-6-12-26/h16-20,37H,4-15,26H2,1-3H3,(H,27,34)(H,28,36)(H,29,32)(H,30,35)(H,31,33)/t17-,18+,19+,20-/m0/s1. The molecule has 0 aromatic heterocycles. The first-order valence-corrected chi connectivity index (χ1v) is 13.5. The molecule has 1 aliphatic heterocycles. The second kappa shape index (κ2) is 18.3. The number of likely N-dealkylation sites (N-methyl/N-ethyl adjacent to an activating group) is 1. The van der Waals surface area contributed by atoms with Gasteiger partial charge in [0.25, 0.3) is 0 Å². The SMILES string of the molecule is CNC(=O)[C@@H](CCCCN)NC(=O)[C@@H]1CCCCNC(=O)OCCC[C@H](C(=O)NO)[C@@H](CC(C)C)C(=O)N1. The average Bonchev–Trinajstić information content (AvgIpc) is 2.89. The molecule has 1 heterocycles. The van der Waals surface area contributed by atoms with Gasteiger partial charge in [-0.05, 0) is 70.3 Å². The number of nitrogens with two attached hydrogens (primary N) is 1. The molecule has 1 aliphatic rings. The molecular weight excluding hydrogens is 496 g/mol. The highest BCUT2D eigenvalue weighted by Gasteiger charge is 2.36. The van der Waals surface area contributed by atoms with Gasteiger partial charge in [0.1, 0.15) is 12.1 Å². The van der Waals surface area contributed by atoms with Crippen LogP contribution in [0.15, 0.2) is 0 Å². The van der Waals surface area contributed by atoms with Crippen molar-refractivity contribution >= 4 is 29.7 Å². The first-order valence-electron chi connectivity index (χ1n) is 13.5. The maximum Gasteiger partial charge on any atom is 0.407 e. The van der Waals surface area contributed by atoms with E-state index in [4.69, 9.17) is 10.5 Å². The molecule has 0 radical (unpaired) electrons. The molecule has 0 unspecified atom stereocenters. The third-order valence-corrected chi connectivity index (χ3v) is 6.54. The van der Waals surface area contributed by atoms with Gasteiger partial charge in [-0.1, -0.05) is 13.8 Å². The van der Waals surface area contributed by atoms with Gasteiger partial charge in [-0.15, -0.1) is 0 Å². The molecule has 0 aliphatic carbocycles. The topological polar surface area (TPSA) is 201 Å². The van der Waals surface area contributed by atoms with Crippen molar-refractivity contribution in [3.63, 3.8) is 0 Å². The fraction of sp³-hybridized carbons (Fsp3) is 0.800. The van der Waals surface area contributed by atoms with E-state index in [1.165, 1.54) is 7.05 Å². The van der Waals surface area contributed by atoms with Crippen molar-refractivity contribution in [3.05, 3.63) is 0 Å². The number of amides is 5. The van der Waals surface area contributed by atoms with Crippen LogP contribution in [0.25, 0.3) is 0 Å². The summed E-state index contributed by atoms with van der Waals surface area (Å²) in [5, 5.41) is 20.1. The zero-order chi connectivity index (χ0) is 28.5. The van der Waals surface area contributed by atoms with Crippen LogP contribution in [-0.4, -0.2) is 73.8 Å². The van der Waals surface area contributed by atoms with Gasteiger partial charge < -0.3 is 31.7 Å². The van der Waals surface area contributed by atoms with E-state index in [9.17, 15) is 29.2 Å². The van der Waals surface area contributed by atoms with Gasteiger partial charge in [0.2, 0.25) is 23.6 Å². The molecule has 0 spiro atoms. The Labute approximate surface area is 224 Å². The lowest BCUT2D eigenvalue weighted by atomic mass is 9.81. The number of nitrogens with one attached hydrogen (secondary N) is 5. The number of cyclic esters (lactones) is 1. The number of rotatable bonds is 10. The molecule has 4 atom stereocenters. The number of hydroxylamine groups is 1. The van der Waals surface area contributed by atoms with E-state index in [0.29, 0.717) is 58.0 Å². The van der Waals surface area contributed by atoms with E-state index in [0.717, 1.165) is 0 Å². The fourth-order valence-corrected chi connectivity index (χ4v) is 4.50. The summed E-state index contributed by atoms with van der Waals surface area (Å²) in [4.78, 5) is 63.7. The fourth-order valence-electron chi connectivity index (χ4n) is 4.50. The monoisotopic (exact) mass is 542 g/mol. The van der Waals surface area contributed by atoms with Crippen molar-refractivity contribution in [2.45, 2.75) is 83.7 Å². The Hall–Kier alpha value is -2.93. The predicted octanol–water partition coefficient (Wildman–Crippen LogP) is 0.305. The largest absolute Gasteiger partial charge is 0.450 e. The Balaban J connectivity index is 3.22. The zero-order valence-corrected chi connectivity index (χ0v) is 22.8. The minimum atomic E-state index is -0.964. The molecule has 38 heavy (non-hydrogen) atoms. The van der Waals surface area contributed by atoms with E-state index in [1.54, 1.807) is 5.48 Å². The molecule has 8 N–H and O–H groups in total. The molecule has 5 amide bonds. The number of carbonyl (C=O) groups excluding carboxylic acids is 5. The minimum absolute atomic E-state index is 0.0382. The highest BCUT2D eigenvalue weighted by molar-refractivity contribution is 5.93. The normalized spacial score (nSPS) is 22.5. The van der Waals surface area contributed by atoms with E-state index in [2.05, 4.69) is 21.3 Å². The van der Waals surface area contributed by atoms with Crippen LogP contribution in [0.5, 0.6) is 0 Å². The summed E-state index contributed by atoms with van der Waals surface area (Å²) < 4.78 is 5.14. The lowest BCUT2D eigenvalue weighted by Crippen LogP contribution is -2.55. The van der Waals surface area contributed by atoms with Crippen molar-refractivity contribution in [1.82, 2.24) is 26.7 Å². The van der Waals surface area contributed by atoms with E-state index in [1.807, 2.05) is 13.8 Å². The molecule has 218 valence electrons. The van der Waals surface area contributed by atoms with E-state index < -0.39 is 47.7 Å². The van der Waals surface area contributed by atoms with Crippen LogP contribution in [0.4, 0.5) is 4.79 Å². The first kappa shape index (κ1) is 33.1. The van der Waals surface area contributed by atoms with Crippen molar-refractivity contribution in [3.8, 4) is 0 Å². The second-order valence-corrected chi connectivity index (χ2v) is 10.0. The highest BCUT2D eigenvalue weighted by atomic mass is 16.5. The van der Waals surface area contributed by atoms with Crippen LogP contribution >= 0.6 is 0 Å². The van der Waals surface area contributed by atoms with Crippen LogP contribution in [0.1, 0.15) is 71.6 Å². The van der Waals surface area contributed by atoms with Crippen LogP contribution in [-0.2, 0) is 23.9 Å². The summed E-state index contributed by atoms with van der Waals surface area (Å²) in [6.07, 6.45) is 3.24. The van der Waals surface area contributed by atoms with Crippen molar-refractivity contribution < 1.29 is 33.9 Å². The molecule has 0 aromatic rings. The number of ether oxygens (including phenoxy) is 1. The number of hydrogen-bond donors (Lipinski definition) is 7. The Morgan fingerprint density at radius 1 is 1.11 bits per heavy atom. The third kappa shape index (κ3) is 12.1. The highest BCUT2D eigenvalue weighted by Crippen LogP contribution is 2.26. The summed E-state index contributed by atoms with van der Waals surface area (Å²) in [6, 6.07) is -1.75. The van der Waals surface area contributed by atoms with Crippen LogP contribution in [0.2, 0.25) is 0 Å². The molecular formula is C25H46N6O7. The zero-order valence-electron chi connectivity index (χ0n) is 22.8. The Morgan fingerprint density at radius 3 is 2.47 bits per heavy atom. The summed E-state index contributed by atoms with van der Waals surface area (Å²) >= 11 is 0. The number of alkyl carbamates (subject to hydrolysis) is 1. The lowest BCUT2D eigenvalue weighted by molar-refractivity contribution is -0.142. The van der Waals surface area contributed by atoms with Gasteiger partial charge in [-0.2, -0.15) is 0 Å². The Morgan fingerprint density at radius 2 is 1.84 bits per heavy atom. The Bertz CT molecular complexity index is 779. The van der Waals surface area contributed by atoms with Crippen LogP contribution in [0.3, 0.4) is 0 Å². The maximum absolute atomic E-state index is 13.5. The van der Waals surface area contributed by atoms with Crippen LogP contribution < -0.4 is 32.5 Å². The van der Waals surface area contributed by atoms with Gasteiger partial charge in [0, 0.05) is 19.5 Å². The number of carbonyl (C=O) groups is 5. The number of unbranched alkanes of at least 4 members (excludes halogenated alkanes) is 1. The van der Waals surface area contributed by atoms with Crippen molar-refractivity contribution in [2.75, 3.05) is 26.7 Å². The summed E-state index contributed by atoms with van der Waals surface area (Å²) in [7, 11) is 1.48. The molecule has 13 nitrogen and oxygen atoms in total. The number of hydrogen-bond acceptors (Lipinski definition) is 8. The summed E-state index contributed by atoms with van der Waals surface area (Å²) in [5.74, 6) is -3.77. The van der Waals surface area contributed by atoms with Gasteiger partial charge in [0.15, 0.2) is 0 Å². The predicted molar refractivity (Wildman–Crippen MR) is 140 cm³/mol. The smallest absolute Gasteiger partial charge is 0.407 e. The average molecular weight is 543 g/mol. The summed E-state index contributed by atoms with van der Waals surface area (Å²) in [6.45, 7) is 4.65. The van der Waals surface area contributed by atoms with Gasteiger partial charge in [-0.25, -0.2) is 10.3 Å². The second-order valence-electron chi connectivity index (χ2n) is 10.0. The maximum atomic E-state index is 13.5. The molecule has 0 bridgehead atoms. The Kier molecular flexibility index (Phi) is 16.0. The molecule has 1 fully saturated rings.